The molecule has 25 nitrogen and oxygen atoms in total. The third kappa shape index (κ3) is 17.9. The Morgan fingerprint density at radius 1 is 0.500 bits per heavy atom. The molecular formula is C74H71Cl6N15O10S. The summed E-state index contributed by atoms with van der Waals surface area (Å²) in [5.41, 5.74) is 16.3. The Labute approximate surface area is 645 Å². The van der Waals surface area contributed by atoms with Crippen molar-refractivity contribution in [2.24, 2.45) is 0 Å². The van der Waals surface area contributed by atoms with Gasteiger partial charge in [0.05, 0.1) is 47.2 Å². The van der Waals surface area contributed by atoms with E-state index in [0.29, 0.717) is 96.9 Å². The number of ether oxygens (including phenoxy) is 5. The molecule has 0 aliphatic carbocycles. The monoisotopic (exact) mass is 1570 g/mol. The van der Waals surface area contributed by atoms with Crippen LogP contribution in [0, 0.1) is 0 Å². The smallest absolute Gasteiger partial charge is 0.410 e. The summed E-state index contributed by atoms with van der Waals surface area (Å²) < 4.78 is 27.9. The SMILES string of the molecule is CC(C)(C)OC(=O)N1CCc2cc(N)ccc2C1.CC(C)(C)OC(=O)N1CCc2cc(Nc3ncc4c(n3)OCN(c3c(Cl)cccc3Cl)C4=O)ccc2C1.CSc1ncc2c(n1)OCN(c1c(Cl)cccc1Cl)C2=O.O=C1c2cnc(Nc3ccc4c(c3)CCNC4)nc2OCN1c1c(Cl)cccc1Cl. The number of benzene rings is 6. The number of hydrogen-bond acceptors (Lipinski definition) is 21. The minimum absolute atomic E-state index is 0.000120. The average Bonchev–Trinajstić information content (AvgIpc) is 0.785. The summed E-state index contributed by atoms with van der Waals surface area (Å²) in [5.74, 6) is 0.358. The van der Waals surface area contributed by atoms with Crippen LogP contribution in [0.4, 0.5) is 55.6 Å². The van der Waals surface area contributed by atoms with Crippen LogP contribution in [-0.4, -0.2) is 127 Å². The Kier molecular flexibility index (Phi) is 23.4. The van der Waals surface area contributed by atoms with E-state index < -0.39 is 11.2 Å². The number of para-hydroxylation sites is 3. The first kappa shape index (κ1) is 76.0. The van der Waals surface area contributed by atoms with Crippen LogP contribution < -0.4 is 50.6 Å². The maximum atomic E-state index is 13.1. The molecule has 0 saturated carbocycles. The lowest BCUT2D eigenvalue weighted by molar-refractivity contribution is 0.0214. The summed E-state index contributed by atoms with van der Waals surface area (Å²) in [7, 11) is 0. The number of rotatable bonds is 8. The molecule has 6 aliphatic rings. The van der Waals surface area contributed by atoms with E-state index in [1.807, 2.05) is 90.3 Å². The molecule has 550 valence electrons. The Morgan fingerprint density at radius 3 is 1.29 bits per heavy atom. The van der Waals surface area contributed by atoms with Gasteiger partial charge in [0.25, 0.3) is 17.7 Å². The third-order valence-electron chi connectivity index (χ3n) is 16.8. The number of amides is 5. The van der Waals surface area contributed by atoms with Gasteiger partial charge in [-0.2, -0.15) is 15.0 Å². The largest absolute Gasteiger partial charge is 0.455 e. The molecule has 0 saturated heterocycles. The highest BCUT2D eigenvalue weighted by Gasteiger charge is 2.36. The number of nitrogens with one attached hydrogen (secondary N) is 3. The van der Waals surface area contributed by atoms with Crippen molar-refractivity contribution in [2.45, 2.75) is 96.8 Å². The van der Waals surface area contributed by atoms with Gasteiger partial charge < -0.3 is 55.2 Å². The zero-order chi connectivity index (χ0) is 75.3. The number of halogens is 6. The number of carbonyl (C=O) groups is 5. The molecule has 0 fully saturated rings. The van der Waals surface area contributed by atoms with E-state index in [0.717, 1.165) is 59.7 Å². The van der Waals surface area contributed by atoms with Crippen LogP contribution in [0.5, 0.6) is 17.6 Å². The van der Waals surface area contributed by atoms with Crippen LogP contribution in [0.15, 0.2) is 133 Å². The first-order valence-electron chi connectivity index (χ1n) is 33.3. The molecule has 15 rings (SSSR count). The molecule has 0 unspecified atom stereocenters. The zero-order valence-corrected chi connectivity index (χ0v) is 63.7. The number of aromatic nitrogens is 6. The predicted octanol–water partition coefficient (Wildman–Crippen LogP) is 16.1. The fourth-order valence-electron chi connectivity index (χ4n) is 11.8. The van der Waals surface area contributed by atoms with Gasteiger partial charge in [-0.05, 0) is 180 Å². The van der Waals surface area contributed by atoms with Gasteiger partial charge >= 0.3 is 12.2 Å². The molecule has 5 N–H and O–H groups in total. The highest BCUT2D eigenvalue weighted by atomic mass is 35.5. The van der Waals surface area contributed by atoms with E-state index >= 15 is 0 Å². The van der Waals surface area contributed by atoms with Crippen LogP contribution in [0.2, 0.25) is 30.1 Å². The van der Waals surface area contributed by atoms with Gasteiger partial charge in [0.15, 0.2) is 25.3 Å². The second-order valence-electron chi connectivity index (χ2n) is 26.6. The molecule has 0 bridgehead atoms. The van der Waals surface area contributed by atoms with Crippen molar-refractivity contribution >= 4 is 157 Å². The quantitative estimate of drug-likeness (QED) is 0.0624. The summed E-state index contributed by atoms with van der Waals surface area (Å²) in [6.07, 6.45) is 8.13. The molecular weight excluding hydrogens is 1500 g/mol. The lowest BCUT2D eigenvalue weighted by atomic mass is 9.99. The van der Waals surface area contributed by atoms with E-state index in [9.17, 15) is 24.0 Å². The van der Waals surface area contributed by atoms with Crippen molar-refractivity contribution in [1.29, 1.82) is 0 Å². The van der Waals surface area contributed by atoms with Crippen molar-refractivity contribution in [3.05, 3.63) is 208 Å². The number of nitrogens with zero attached hydrogens (tertiary/aromatic N) is 11. The molecule has 3 aromatic heterocycles. The van der Waals surface area contributed by atoms with Crippen LogP contribution in [0.25, 0.3) is 0 Å². The second-order valence-corrected chi connectivity index (χ2v) is 29.8. The summed E-state index contributed by atoms with van der Waals surface area (Å²) in [6, 6.07) is 33.0. The van der Waals surface area contributed by atoms with Gasteiger partial charge in [-0.25, -0.2) is 24.5 Å². The molecule has 5 amide bonds. The number of thioether (sulfide) groups is 1. The van der Waals surface area contributed by atoms with E-state index in [1.165, 1.54) is 61.7 Å². The Balaban J connectivity index is 0.000000138. The van der Waals surface area contributed by atoms with Gasteiger partial charge in [0.2, 0.25) is 29.5 Å². The molecule has 106 heavy (non-hydrogen) atoms. The minimum Gasteiger partial charge on any atom is -0.455 e. The average molecular weight is 1580 g/mol. The number of fused-ring (bicyclic) bond motifs is 6. The van der Waals surface area contributed by atoms with E-state index in [2.05, 4.69) is 58.0 Å². The van der Waals surface area contributed by atoms with Crippen molar-refractivity contribution in [3.63, 3.8) is 0 Å². The third-order valence-corrected chi connectivity index (χ3v) is 19.2. The van der Waals surface area contributed by atoms with Gasteiger partial charge in [-0.3, -0.25) is 29.1 Å². The lowest BCUT2D eigenvalue weighted by Gasteiger charge is -2.31. The molecule has 0 spiro atoms. The predicted molar refractivity (Wildman–Crippen MR) is 411 cm³/mol. The summed E-state index contributed by atoms with van der Waals surface area (Å²) in [4.78, 5) is 96.2. The standard InChI is InChI=1S/C26H25Cl2N5O4.C21H17Cl2N5O2.C14H20N2O2.C13H9Cl2N3O2S/c1-26(2,3)37-25(35)32-10-9-15-11-17(8-7-16(15)13-32)30-24-29-12-18-22(31-24)36-14-33(23(18)34)21-19(27)5-4-6-20(21)28;22-16-2-1-3-17(23)18(16)28-11-30-19-15(20(28)29)10-25-21(27-19)26-14-5-4-13-9-24-7-6-12(13)8-14;1-14(2,3)18-13(17)16-7-6-10-8-12(15)5-4-11(10)9-16;1-21-13-16-5-7-11(17-13)20-6-18(12(7)19)10-8(14)3-2-4-9(10)15/h4-8,11-12H,9-10,13-14H2,1-3H3,(H,29,30,31);1-5,8,10,24H,6-7,9,11H2,(H,25,26,27);4-5,8H,6-7,9,15H2,1-3H3;2-5H,6H2,1H3. The van der Waals surface area contributed by atoms with Crippen LogP contribution in [-0.2, 0) is 48.4 Å². The fraction of sp³-hybridized carbons (Fsp3) is 0.284. The Bertz CT molecular complexity index is 4840. The van der Waals surface area contributed by atoms with Gasteiger partial charge in [-0.15, -0.1) is 0 Å². The molecule has 0 atom stereocenters. The van der Waals surface area contributed by atoms with Crippen molar-refractivity contribution in [1.82, 2.24) is 45.0 Å². The van der Waals surface area contributed by atoms with Gasteiger partial charge in [0.1, 0.15) is 27.9 Å². The minimum atomic E-state index is -0.533. The maximum Gasteiger partial charge on any atom is 0.410 e. The van der Waals surface area contributed by atoms with Crippen LogP contribution in [0.1, 0.15) is 106 Å². The molecule has 6 aromatic carbocycles. The molecule has 6 aliphatic heterocycles. The normalized spacial score (nSPS) is 14.9. The van der Waals surface area contributed by atoms with Crippen LogP contribution in [0.3, 0.4) is 0 Å². The van der Waals surface area contributed by atoms with E-state index in [-0.39, 0.29) is 84.4 Å². The van der Waals surface area contributed by atoms with Crippen LogP contribution >= 0.6 is 81.4 Å². The van der Waals surface area contributed by atoms with Gasteiger partial charge in [-0.1, -0.05) is 118 Å². The highest BCUT2D eigenvalue weighted by Crippen LogP contribution is 2.41. The Morgan fingerprint density at radius 2 is 0.877 bits per heavy atom. The second kappa shape index (κ2) is 32.6. The number of hydrogen-bond donors (Lipinski definition) is 4. The van der Waals surface area contributed by atoms with Crippen molar-refractivity contribution in [2.75, 3.05) is 77.1 Å². The molecule has 32 heteroatoms. The van der Waals surface area contributed by atoms with Gasteiger partial charge in [0, 0.05) is 68.4 Å². The van der Waals surface area contributed by atoms with E-state index in [4.69, 9.17) is 99.0 Å². The maximum absolute atomic E-state index is 13.1. The first-order chi connectivity index (χ1) is 50.6. The summed E-state index contributed by atoms with van der Waals surface area (Å²) in [5, 5.41) is 12.4. The number of nitrogen functional groups attached to an aromatic ring is 1. The number of anilines is 8. The first-order valence-corrected chi connectivity index (χ1v) is 36.8. The molecule has 9 heterocycles. The number of carbonyl (C=O) groups excluding carboxylic acids is 5. The molecule has 9 aromatic rings. The summed E-state index contributed by atoms with van der Waals surface area (Å²) >= 11 is 38.7. The summed E-state index contributed by atoms with van der Waals surface area (Å²) in [6.45, 7) is 15.3. The van der Waals surface area contributed by atoms with Crippen molar-refractivity contribution < 1.29 is 47.7 Å². The Hall–Kier alpha value is -9.64. The topological polar surface area (TPSA) is 287 Å². The lowest BCUT2D eigenvalue weighted by Crippen LogP contribution is -2.39. The zero-order valence-electron chi connectivity index (χ0n) is 58.4. The fourth-order valence-corrected chi connectivity index (χ4v) is 13.9. The number of nitrogens with two attached hydrogens (primary N) is 1. The highest BCUT2D eigenvalue weighted by molar-refractivity contribution is 7.98. The molecule has 0 radical (unpaired) electrons. The van der Waals surface area contributed by atoms with Crippen molar-refractivity contribution in [3.8, 4) is 17.6 Å². The van der Waals surface area contributed by atoms with E-state index in [1.54, 1.807) is 64.4 Å².